The Balaban J connectivity index is 1.50. The molecule has 0 aliphatic rings. The van der Waals surface area contributed by atoms with E-state index in [2.05, 4.69) is 15.5 Å². The lowest BCUT2D eigenvalue weighted by molar-refractivity contribution is -0.115. The number of carbonyl (C=O) groups is 1. The van der Waals surface area contributed by atoms with Crippen LogP contribution in [-0.4, -0.2) is 26.4 Å². The van der Waals surface area contributed by atoms with Gasteiger partial charge < -0.3 is 5.32 Å². The topological polar surface area (TPSA) is 59.8 Å². The Morgan fingerprint density at radius 1 is 1.06 bits per heavy atom. The van der Waals surface area contributed by atoms with Crippen LogP contribution in [0.25, 0.3) is 17.1 Å². The average Bonchev–Trinajstić information content (AvgIpc) is 3.21. The number of amides is 1. The van der Waals surface area contributed by atoms with Gasteiger partial charge in [0.15, 0.2) is 11.0 Å². The molecule has 0 spiro atoms. The van der Waals surface area contributed by atoms with Crippen LogP contribution in [0.4, 0.5) is 10.1 Å². The summed E-state index contributed by atoms with van der Waals surface area (Å²) in [6.45, 7) is 1.92. The lowest BCUT2D eigenvalue weighted by Crippen LogP contribution is -2.13. The molecule has 1 amide bonds. The zero-order valence-electron chi connectivity index (χ0n) is 17.3. The number of carbonyl (C=O) groups excluding carboxylic acids is 1. The van der Waals surface area contributed by atoms with E-state index < -0.39 is 0 Å². The number of nitrogens with zero attached hydrogens (tertiary/aromatic N) is 3. The van der Waals surface area contributed by atoms with Gasteiger partial charge in [0.25, 0.3) is 0 Å². The molecule has 4 aromatic rings. The Bertz CT molecular complexity index is 1230. The zero-order valence-corrected chi connectivity index (χ0v) is 18.8. The summed E-state index contributed by atoms with van der Waals surface area (Å²) in [6.07, 6.45) is 0.296. The second-order valence-corrected chi connectivity index (χ2v) is 8.59. The maximum absolute atomic E-state index is 13.4. The number of para-hydroxylation sites is 1. The monoisotopic (exact) mass is 466 g/mol. The van der Waals surface area contributed by atoms with Gasteiger partial charge in [-0.1, -0.05) is 47.6 Å². The first-order chi connectivity index (χ1) is 15.5. The SMILES string of the molecule is Cc1ccc(Cl)cc1NC(=O)CCSc1nnc(-c2ccc(F)cc2)n1-c1ccccc1. The van der Waals surface area contributed by atoms with E-state index in [1.54, 1.807) is 24.3 Å². The van der Waals surface area contributed by atoms with E-state index in [1.165, 1.54) is 23.9 Å². The maximum atomic E-state index is 13.4. The largest absolute Gasteiger partial charge is 0.326 e. The second-order valence-electron chi connectivity index (χ2n) is 7.09. The lowest BCUT2D eigenvalue weighted by atomic mass is 10.2. The quantitative estimate of drug-likeness (QED) is 0.331. The van der Waals surface area contributed by atoms with Crippen molar-refractivity contribution in [2.24, 2.45) is 0 Å². The van der Waals surface area contributed by atoms with Crippen LogP contribution >= 0.6 is 23.4 Å². The highest BCUT2D eigenvalue weighted by Crippen LogP contribution is 2.28. The summed E-state index contributed by atoms with van der Waals surface area (Å²) < 4.78 is 15.3. The van der Waals surface area contributed by atoms with E-state index in [1.807, 2.05) is 47.9 Å². The summed E-state index contributed by atoms with van der Waals surface area (Å²) in [7, 11) is 0. The molecule has 1 heterocycles. The van der Waals surface area contributed by atoms with Crippen molar-refractivity contribution in [3.05, 3.63) is 89.2 Å². The van der Waals surface area contributed by atoms with Gasteiger partial charge in [0.05, 0.1) is 0 Å². The van der Waals surface area contributed by atoms with Gasteiger partial charge in [0, 0.05) is 34.1 Å². The van der Waals surface area contributed by atoms with Crippen molar-refractivity contribution >= 4 is 35.0 Å². The predicted molar refractivity (Wildman–Crippen MR) is 127 cm³/mol. The highest BCUT2D eigenvalue weighted by molar-refractivity contribution is 7.99. The third-order valence-electron chi connectivity index (χ3n) is 4.78. The molecule has 0 atom stereocenters. The molecule has 0 radical (unpaired) electrons. The van der Waals surface area contributed by atoms with Crippen LogP contribution in [0, 0.1) is 12.7 Å². The Labute approximate surface area is 194 Å². The van der Waals surface area contributed by atoms with Gasteiger partial charge >= 0.3 is 0 Å². The fraction of sp³-hybridized carbons (Fsp3) is 0.125. The van der Waals surface area contributed by atoms with Crippen molar-refractivity contribution in [3.63, 3.8) is 0 Å². The number of rotatable bonds is 7. The molecule has 0 saturated carbocycles. The molecular weight excluding hydrogens is 447 g/mol. The van der Waals surface area contributed by atoms with E-state index in [0.29, 0.717) is 33.9 Å². The Morgan fingerprint density at radius 3 is 2.56 bits per heavy atom. The second kappa shape index (κ2) is 9.97. The molecule has 162 valence electrons. The fourth-order valence-corrected chi connectivity index (χ4v) is 4.20. The van der Waals surface area contributed by atoms with Crippen LogP contribution in [-0.2, 0) is 4.79 Å². The van der Waals surface area contributed by atoms with Crippen molar-refractivity contribution in [1.82, 2.24) is 14.8 Å². The van der Waals surface area contributed by atoms with Crippen LogP contribution in [0.3, 0.4) is 0 Å². The molecule has 0 aliphatic carbocycles. The smallest absolute Gasteiger partial charge is 0.225 e. The molecule has 0 unspecified atom stereocenters. The first-order valence-electron chi connectivity index (χ1n) is 9.97. The number of hydrogen-bond acceptors (Lipinski definition) is 4. The third-order valence-corrected chi connectivity index (χ3v) is 5.95. The number of halogens is 2. The number of aromatic nitrogens is 3. The van der Waals surface area contributed by atoms with Crippen LogP contribution in [0.5, 0.6) is 0 Å². The van der Waals surface area contributed by atoms with Crippen molar-refractivity contribution < 1.29 is 9.18 Å². The minimum atomic E-state index is -0.310. The molecule has 32 heavy (non-hydrogen) atoms. The predicted octanol–water partition coefficient (Wildman–Crippen LogP) is 6.16. The molecular formula is C24H20ClFN4OS. The van der Waals surface area contributed by atoms with E-state index in [4.69, 9.17) is 11.6 Å². The average molecular weight is 467 g/mol. The minimum absolute atomic E-state index is 0.104. The molecule has 0 bridgehead atoms. The van der Waals surface area contributed by atoms with Gasteiger partial charge in [-0.25, -0.2) is 4.39 Å². The molecule has 1 N–H and O–H groups in total. The molecule has 0 fully saturated rings. The van der Waals surface area contributed by atoms with E-state index >= 15 is 0 Å². The number of aryl methyl sites for hydroxylation is 1. The standard InChI is InChI=1S/C24H20ClFN4OS/c1-16-7-10-18(25)15-21(16)27-22(31)13-14-32-24-29-28-23(17-8-11-19(26)12-9-17)30(24)20-5-3-2-4-6-20/h2-12,15H,13-14H2,1H3,(H,27,31). The zero-order chi connectivity index (χ0) is 22.5. The molecule has 8 heteroatoms. The first-order valence-corrected chi connectivity index (χ1v) is 11.3. The maximum Gasteiger partial charge on any atom is 0.225 e. The van der Waals surface area contributed by atoms with Gasteiger partial charge in [-0.15, -0.1) is 10.2 Å². The Kier molecular flexibility index (Phi) is 6.87. The normalized spacial score (nSPS) is 10.8. The van der Waals surface area contributed by atoms with Gasteiger partial charge in [-0.2, -0.15) is 0 Å². The number of hydrogen-bond donors (Lipinski definition) is 1. The van der Waals surface area contributed by atoms with Crippen LogP contribution < -0.4 is 5.32 Å². The van der Waals surface area contributed by atoms with E-state index in [0.717, 1.165) is 16.8 Å². The van der Waals surface area contributed by atoms with Crippen molar-refractivity contribution in [2.75, 3.05) is 11.1 Å². The van der Waals surface area contributed by atoms with Gasteiger partial charge in [-0.05, 0) is 61.0 Å². The summed E-state index contributed by atoms with van der Waals surface area (Å²) in [4.78, 5) is 12.4. The van der Waals surface area contributed by atoms with Gasteiger partial charge in [-0.3, -0.25) is 9.36 Å². The summed E-state index contributed by atoms with van der Waals surface area (Å²) >= 11 is 7.46. The molecule has 0 aliphatic heterocycles. The summed E-state index contributed by atoms with van der Waals surface area (Å²) in [5.74, 6) is 0.708. The molecule has 5 nitrogen and oxygen atoms in total. The van der Waals surface area contributed by atoms with Crippen molar-refractivity contribution in [2.45, 2.75) is 18.5 Å². The number of anilines is 1. The van der Waals surface area contributed by atoms with Crippen LogP contribution in [0.2, 0.25) is 5.02 Å². The minimum Gasteiger partial charge on any atom is -0.326 e. The summed E-state index contributed by atoms with van der Waals surface area (Å²) in [5.41, 5.74) is 3.30. The van der Waals surface area contributed by atoms with Crippen LogP contribution in [0.15, 0.2) is 78.0 Å². The number of benzene rings is 3. The van der Waals surface area contributed by atoms with Crippen molar-refractivity contribution in [1.29, 1.82) is 0 Å². The first kappa shape index (κ1) is 22.0. The van der Waals surface area contributed by atoms with Crippen LogP contribution in [0.1, 0.15) is 12.0 Å². The Morgan fingerprint density at radius 2 is 1.81 bits per heavy atom. The van der Waals surface area contributed by atoms with E-state index in [9.17, 15) is 9.18 Å². The summed E-state index contributed by atoms with van der Waals surface area (Å²) in [5, 5.41) is 12.8. The number of nitrogens with one attached hydrogen (secondary N) is 1. The summed E-state index contributed by atoms with van der Waals surface area (Å²) in [6, 6.07) is 21.2. The molecule has 3 aromatic carbocycles. The number of thioether (sulfide) groups is 1. The molecule has 1 aromatic heterocycles. The molecule has 0 saturated heterocycles. The highest BCUT2D eigenvalue weighted by Gasteiger charge is 2.17. The van der Waals surface area contributed by atoms with E-state index in [-0.39, 0.29) is 11.7 Å². The highest BCUT2D eigenvalue weighted by atomic mass is 35.5. The fourth-order valence-electron chi connectivity index (χ4n) is 3.14. The third kappa shape index (κ3) is 5.18. The van der Waals surface area contributed by atoms with Gasteiger partial charge in [0.1, 0.15) is 5.82 Å². The molecule has 4 rings (SSSR count). The Hall–Kier alpha value is -3.16. The van der Waals surface area contributed by atoms with Gasteiger partial charge in [0.2, 0.25) is 5.91 Å². The van der Waals surface area contributed by atoms with Crippen molar-refractivity contribution in [3.8, 4) is 17.1 Å². The lowest BCUT2D eigenvalue weighted by Gasteiger charge is -2.11.